The summed E-state index contributed by atoms with van der Waals surface area (Å²) >= 11 is 0. The van der Waals surface area contributed by atoms with Crippen LogP contribution in [0.1, 0.15) is 90.0 Å². The fourth-order valence-corrected chi connectivity index (χ4v) is 3.29. The van der Waals surface area contributed by atoms with Gasteiger partial charge in [-0.05, 0) is 56.7 Å². The van der Waals surface area contributed by atoms with Crippen LogP contribution in [0.25, 0.3) is 0 Å². The molecule has 1 atom stereocenters. The minimum absolute atomic E-state index is 0.0399. The first-order chi connectivity index (χ1) is 13.2. The largest absolute Gasteiger partial charge is 0.490 e. The highest BCUT2D eigenvalue weighted by atomic mass is 16.6. The second-order valence-corrected chi connectivity index (χ2v) is 8.30. The average molecular weight is 373 g/mol. The molecule has 0 radical (unpaired) electrons. The fraction of sp³-hybridized carbons (Fsp3) is 0.680. The molecule has 0 bridgehead atoms. The summed E-state index contributed by atoms with van der Waals surface area (Å²) in [6.07, 6.45) is 20.6. The van der Waals surface area contributed by atoms with Crippen molar-refractivity contribution in [1.29, 1.82) is 0 Å². The highest BCUT2D eigenvalue weighted by Gasteiger charge is 2.40. The molecule has 1 aliphatic rings. The highest BCUT2D eigenvalue weighted by molar-refractivity contribution is 5.28. The van der Waals surface area contributed by atoms with Crippen molar-refractivity contribution >= 4 is 0 Å². The Balaban J connectivity index is 1.43. The topological polar surface area (TPSA) is 21.8 Å². The monoisotopic (exact) mass is 372 g/mol. The molecule has 0 N–H and O–H groups in total. The Hall–Kier alpha value is -1.28. The lowest BCUT2D eigenvalue weighted by Gasteiger charge is -2.10. The molecule has 0 aliphatic carbocycles. The van der Waals surface area contributed by atoms with E-state index >= 15 is 0 Å². The number of ether oxygens (including phenoxy) is 2. The quantitative estimate of drug-likeness (QED) is 0.173. The molecule has 1 saturated heterocycles. The van der Waals surface area contributed by atoms with Crippen molar-refractivity contribution in [3.63, 3.8) is 0 Å². The zero-order chi connectivity index (χ0) is 19.2. The molecule has 1 aromatic carbocycles. The lowest BCUT2D eigenvalue weighted by molar-refractivity contribution is 0.202. The Morgan fingerprint density at radius 1 is 0.963 bits per heavy atom. The van der Waals surface area contributed by atoms with Crippen molar-refractivity contribution in [3.8, 4) is 5.75 Å². The minimum Gasteiger partial charge on any atom is -0.490 e. The molecule has 1 heterocycles. The maximum atomic E-state index is 5.86. The van der Waals surface area contributed by atoms with Crippen LogP contribution >= 0.6 is 0 Å². The summed E-state index contributed by atoms with van der Waals surface area (Å²) in [5, 5.41) is 0. The number of benzene rings is 1. The molecule has 152 valence electrons. The molecule has 0 amide bonds. The van der Waals surface area contributed by atoms with Gasteiger partial charge in [0.1, 0.15) is 18.0 Å². The molecule has 0 saturated carbocycles. The second-order valence-electron chi connectivity index (χ2n) is 8.30. The summed E-state index contributed by atoms with van der Waals surface area (Å²) in [6.45, 7) is 5.82. The van der Waals surface area contributed by atoms with Crippen molar-refractivity contribution < 1.29 is 9.47 Å². The van der Waals surface area contributed by atoms with Gasteiger partial charge in [-0.25, -0.2) is 0 Å². The third-order valence-corrected chi connectivity index (χ3v) is 5.29. The van der Waals surface area contributed by atoms with E-state index in [-0.39, 0.29) is 5.60 Å². The van der Waals surface area contributed by atoms with Crippen molar-refractivity contribution in [2.45, 2.75) is 96.5 Å². The van der Waals surface area contributed by atoms with Crippen LogP contribution in [0, 0.1) is 0 Å². The maximum Gasteiger partial charge on any atom is 0.123 e. The van der Waals surface area contributed by atoms with Gasteiger partial charge in [0.05, 0.1) is 6.61 Å². The molecule has 0 spiro atoms. The molecule has 27 heavy (non-hydrogen) atoms. The van der Waals surface area contributed by atoms with E-state index in [2.05, 4.69) is 50.3 Å². The molecule has 0 aromatic heterocycles. The molecule has 1 aromatic rings. The highest BCUT2D eigenvalue weighted by Crippen LogP contribution is 2.27. The van der Waals surface area contributed by atoms with Crippen LogP contribution in [0.2, 0.25) is 0 Å². The summed E-state index contributed by atoms with van der Waals surface area (Å²) in [4.78, 5) is 0. The van der Waals surface area contributed by atoms with Crippen LogP contribution in [0.5, 0.6) is 5.75 Å². The van der Waals surface area contributed by atoms with Gasteiger partial charge in [-0.3, -0.25) is 0 Å². The summed E-state index contributed by atoms with van der Waals surface area (Å²) in [6, 6.07) is 8.57. The van der Waals surface area contributed by atoms with E-state index in [0.717, 1.165) is 18.8 Å². The first kappa shape index (κ1) is 22.0. The van der Waals surface area contributed by atoms with Crippen LogP contribution in [0.3, 0.4) is 0 Å². The average Bonchev–Trinajstić information content (AvgIpc) is 3.42. The zero-order valence-corrected chi connectivity index (χ0v) is 17.7. The van der Waals surface area contributed by atoms with Gasteiger partial charge >= 0.3 is 0 Å². The van der Waals surface area contributed by atoms with Crippen LogP contribution in [-0.2, 0) is 11.2 Å². The van der Waals surface area contributed by atoms with Gasteiger partial charge in [0.25, 0.3) is 0 Å². The van der Waals surface area contributed by atoms with Crippen LogP contribution < -0.4 is 4.74 Å². The Labute approximate surface area is 167 Å². The van der Waals surface area contributed by atoms with Crippen LogP contribution in [0.4, 0.5) is 0 Å². The fourth-order valence-electron chi connectivity index (χ4n) is 3.29. The van der Waals surface area contributed by atoms with Gasteiger partial charge < -0.3 is 9.47 Å². The first-order valence-corrected chi connectivity index (χ1v) is 11.2. The first-order valence-electron chi connectivity index (χ1n) is 11.2. The third kappa shape index (κ3) is 10.6. The van der Waals surface area contributed by atoms with Gasteiger partial charge in [-0.2, -0.15) is 0 Å². The Morgan fingerprint density at radius 3 is 2.33 bits per heavy atom. The predicted molar refractivity (Wildman–Crippen MR) is 116 cm³/mol. The maximum absolute atomic E-state index is 5.86. The smallest absolute Gasteiger partial charge is 0.123 e. The lowest BCUT2D eigenvalue weighted by atomic mass is 10.0. The second kappa shape index (κ2) is 13.0. The Kier molecular flexibility index (Phi) is 10.6. The normalized spacial score (nSPS) is 18.9. The van der Waals surface area contributed by atoms with Crippen molar-refractivity contribution in [2.24, 2.45) is 0 Å². The van der Waals surface area contributed by atoms with E-state index in [1.54, 1.807) is 0 Å². The van der Waals surface area contributed by atoms with E-state index in [1.165, 1.54) is 76.2 Å². The Morgan fingerprint density at radius 2 is 1.63 bits per heavy atom. The molecule has 2 heteroatoms. The van der Waals surface area contributed by atoms with Gasteiger partial charge in [0.15, 0.2) is 0 Å². The standard InChI is InChI=1S/C25H40O2/c1-3-4-5-6-7-8-9-10-11-12-13-14-15-17-23-18-16-19-24(20-23)26-21-25(2)22-27-25/h5-6,16,18-20H,3-4,7-15,17,21-22H2,1-2H3/b6-5+. The third-order valence-electron chi connectivity index (χ3n) is 5.29. The molecule has 1 aliphatic heterocycles. The number of unbranched alkanes of at least 4 members (excludes halogenated alkanes) is 9. The lowest BCUT2D eigenvalue weighted by Crippen LogP contribution is -2.16. The van der Waals surface area contributed by atoms with Crippen molar-refractivity contribution in [2.75, 3.05) is 13.2 Å². The SMILES string of the molecule is CCC/C=C/CCCCCCCCCCc1cccc(OCC2(C)CO2)c1. The van der Waals surface area contributed by atoms with E-state index < -0.39 is 0 Å². The van der Waals surface area contributed by atoms with Gasteiger partial charge in [-0.15, -0.1) is 0 Å². The number of hydrogen-bond acceptors (Lipinski definition) is 2. The predicted octanol–water partition coefficient (Wildman–Crippen LogP) is 7.26. The van der Waals surface area contributed by atoms with Gasteiger partial charge in [0, 0.05) is 0 Å². The Bertz CT molecular complexity index is 531. The van der Waals surface area contributed by atoms with E-state index in [0.29, 0.717) is 6.61 Å². The number of rotatable bonds is 16. The molecule has 1 fully saturated rings. The summed E-state index contributed by atoms with van der Waals surface area (Å²) < 4.78 is 11.2. The molecule has 1 unspecified atom stereocenters. The number of epoxide rings is 1. The molecular formula is C25H40O2. The van der Waals surface area contributed by atoms with Gasteiger partial charge in [-0.1, -0.05) is 76.2 Å². The molecular weight excluding hydrogens is 332 g/mol. The summed E-state index contributed by atoms with van der Waals surface area (Å²) in [7, 11) is 0. The number of allylic oxidation sites excluding steroid dienone is 2. The minimum atomic E-state index is -0.0399. The van der Waals surface area contributed by atoms with Crippen molar-refractivity contribution in [1.82, 2.24) is 0 Å². The number of hydrogen-bond donors (Lipinski definition) is 0. The van der Waals surface area contributed by atoms with Crippen LogP contribution in [0.15, 0.2) is 36.4 Å². The van der Waals surface area contributed by atoms with Crippen LogP contribution in [-0.4, -0.2) is 18.8 Å². The number of aryl methyl sites for hydroxylation is 1. The molecule has 2 rings (SSSR count). The summed E-state index contributed by atoms with van der Waals surface area (Å²) in [5.41, 5.74) is 1.35. The van der Waals surface area contributed by atoms with Gasteiger partial charge in [0.2, 0.25) is 0 Å². The van der Waals surface area contributed by atoms with E-state index in [1.807, 2.05) is 0 Å². The van der Waals surface area contributed by atoms with E-state index in [4.69, 9.17) is 9.47 Å². The summed E-state index contributed by atoms with van der Waals surface area (Å²) in [5.74, 6) is 0.980. The van der Waals surface area contributed by atoms with E-state index in [9.17, 15) is 0 Å². The van der Waals surface area contributed by atoms with Crippen molar-refractivity contribution in [3.05, 3.63) is 42.0 Å². The molecule has 2 nitrogen and oxygen atoms in total. The zero-order valence-electron chi connectivity index (χ0n) is 17.7.